The van der Waals surface area contributed by atoms with E-state index in [4.69, 9.17) is 12.2 Å². The maximum Gasteiger partial charge on any atom is 0.203 e. The Labute approximate surface area is 131 Å². The number of para-hydroxylation sites is 1. The van der Waals surface area contributed by atoms with Gasteiger partial charge in [-0.3, -0.25) is 9.47 Å². The van der Waals surface area contributed by atoms with Gasteiger partial charge in [-0.15, -0.1) is 0 Å². The number of piperidine rings is 1. The predicted octanol–water partition coefficient (Wildman–Crippen LogP) is 3.40. The van der Waals surface area contributed by atoms with Gasteiger partial charge in [-0.1, -0.05) is 25.1 Å². The van der Waals surface area contributed by atoms with Crippen molar-refractivity contribution in [3.8, 4) is 5.69 Å². The van der Waals surface area contributed by atoms with Crippen molar-refractivity contribution in [2.75, 3.05) is 13.1 Å². The number of hydrogen-bond donors (Lipinski definition) is 0. The first kappa shape index (κ1) is 14.5. The van der Waals surface area contributed by atoms with E-state index >= 15 is 0 Å². The molecular formula is C16H22N4S. The summed E-state index contributed by atoms with van der Waals surface area (Å²) in [4.78, 5) is 2.44. The van der Waals surface area contributed by atoms with Gasteiger partial charge in [-0.05, 0) is 50.0 Å². The molecule has 112 valence electrons. The summed E-state index contributed by atoms with van der Waals surface area (Å²) < 4.78 is 4.77. The third-order valence-electron chi connectivity index (χ3n) is 4.23. The average Bonchev–Trinajstić information content (AvgIpc) is 2.77. The molecule has 0 bridgehead atoms. The summed E-state index contributed by atoms with van der Waals surface area (Å²) in [5, 5.41) is 4.63. The molecule has 1 saturated heterocycles. The molecule has 1 aromatic carbocycles. The van der Waals surface area contributed by atoms with Crippen LogP contribution in [-0.4, -0.2) is 32.3 Å². The Morgan fingerprint density at radius 1 is 1.19 bits per heavy atom. The Balaban J connectivity index is 1.83. The van der Waals surface area contributed by atoms with E-state index in [-0.39, 0.29) is 0 Å². The van der Waals surface area contributed by atoms with E-state index < -0.39 is 0 Å². The lowest BCUT2D eigenvalue weighted by atomic mass is 10.00. The second kappa shape index (κ2) is 6.12. The molecule has 0 saturated carbocycles. The number of rotatable bonds is 3. The van der Waals surface area contributed by atoms with Crippen molar-refractivity contribution in [2.24, 2.45) is 5.92 Å². The third-order valence-corrected chi connectivity index (χ3v) is 4.62. The SMILES string of the molecule is Cc1nn(CN2CCC(C)CC2)c(=S)n1-c1ccccc1. The van der Waals surface area contributed by atoms with E-state index in [1.165, 1.54) is 12.8 Å². The zero-order valence-electron chi connectivity index (χ0n) is 12.7. The van der Waals surface area contributed by atoms with Crippen LogP contribution in [0.15, 0.2) is 30.3 Å². The number of likely N-dealkylation sites (tertiary alicyclic amines) is 1. The topological polar surface area (TPSA) is 26.0 Å². The van der Waals surface area contributed by atoms with E-state index in [1.807, 2.05) is 34.4 Å². The highest BCUT2D eigenvalue weighted by Crippen LogP contribution is 2.17. The number of aryl methyl sites for hydroxylation is 1. The van der Waals surface area contributed by atoms with Crippen LogP contribution in [0.2, 0.25) is 0 Å². The van der Waals surface area contributed by atoms with Crippen molar-refractivity contribution < 1.29 is 0 Å². The highest BCUT2D eigenvalue weighted by atomic mass is 32.1. The summed E-state index contributed by atoms with van der Waals surface area (Å²) in [6.07, 6.45) is 2.54. The van der Waals surface area contributed by atoms with Gasteiger partial charge in [0.1, 0.15) is 5.82 Å². The van der Waals surface area contributed by atoms with Crippen molar-refractivity contribution in [1.82, 2.24) is 19.2 Å². The molecule has 2 aromatic rings. The second-order valence-corrected chi connectivity index (χ2v) is 6.31. The van der Waals surface area contributed by atoms with Crippen LogP contribution in [-0.2, 0) is 6.67 Å². The highest BCUT2D eigenvalue weighted by Gasteiger charge is 2.17. The Morgan fingerprint density at radius 2 is 1.86 bits per heavy atom. The number of aromatic nitrogens is 3. The van der Waals surface area contributed by atoms with Gasteiger partial charge in [0.25, 0.3) is 0 Å². The molecule has 0 amide bonds. The lowest BCUT2D eigenvalue weighted by Gasteiger charge is -2.29. The average molecular weight is 302 g/mol. The van der Waals surface area contributed by atoms with Crippen LogP contribution >= 0.6 is 12.2 Å². The van der Waals surface area contributed by atoms with Gasteiger partial charge < -0.3 is 0 Å². The molecule has 0 N–H and O–H groups in total. The fourth-order valence-corrected chi connectivity index (χ4v) is 3.21. The van der Waals surface area contributed by atoms with E-state index in [0.29, 0.717) is 0 Å². The molecule has 3 rings (SSSR count). The first-order valence-corrected chi connectivity index (χ1v) is 8.00. The number of hydrogen-bond acceptors (Lipinski definition) is 3. The fourth-order valence-electron chi connectivity index (χ4n) is 2.88. The van der Waals surface area contributed by atoms with Crippen molar-refractivity contribution in [2.45, 2.75) is 33.4 Å². The monoisotopic (exact) mass is 302 g/mol. The van der Waals surface area contributed by atoms with Crippen molar-refractivity contribution in [3.05, 3.63) is 40.9 Å². The van der Waals surface area contributed by atoms with E-state index in [0.717, 1.165) is 42.0 Å². The number of benzene rings is 1. The first-order chi connectivity index (χ1) is 10.1. The zero-order chi connectivity index (χ0) is 14.8. The van der Waals surface area contributed by atoms with Crippen LogP contribution in [0.25, 0.3) is 5.69 Å². The van der Waals surface area contributed by atoms with E-state index in [2.05, 4.69) is 29.1 Å². The maximum absolute atomic E-state index is 5.62. The lowest BCUT2D eigenvalue weighted by Crippen LogP contribution is -2.34. The molecule has 4 nitrogen and oxygen atoms in total. The van der Waals surface area contributed by atoms with E-state index in [1.54, 1.807) is 0 Å². The Morgan fingerprint density at radius 3 is 2.52 bits per heavy atom. The van der Waals surface area contributed by atoms with Crippen molar-refractivity contribution >= 4 is 12.2 Å². The minimum atomic E-state index is 0.775. The molecule has 1 fully saturated rings. The molecule has 21 heavy (non-hydrogen) atoms. The highest BCUT2D eigenvalue weighted by molar-refractivity contribution is 7.71. The molecule has 1 aliphatic rings. The van der Waals surface area contributed by atoms with Gasteiger partial charge in [0.05, 0.1) is 6.67 Å². The van der Waals surface area contributed by atoms with Crippen LogP contribution in [0, 0.1) is 17.6 Å². The fraction of sp³-hybridized carbons (Fsp3) is 0.500. The molecular weight excluding hydrogens is 280 g/mol. The number of nitrogens with zero attached hydrogens (tertiary/aromatic N) is 4. The summed E-state index contributed by atoms with van der Waals surface area (Å²) in [6.45, 7) is 7.42. The molecule has 0 unspecified atom stereocenters. The van der Waals surface area contributed by atoms with Gasteiger partial charge in [-0.2, -0.15) is 5.10 Å². The Hall–Kier alpha value is -1.46. The summed E-state index contributed by atoms with van der Waals surface area (Å²) in [6, 6.07) is 10.2. The quantitative estimate of drug-likeness (QED) is 0.813. The normalized spacial score (nSPS) is 17.2. The molecule has 0 radical (unpaired) electrons. The van der Waals surface area contributed by atoms with E-state index in [9.17, 15) is 0 Å². The van der Waals surface area contributed by atoms with Gasteiger partial charge in [0.2, 0.25) is 4.77 Å². The predicted molar refractivity (Wildman–Crippen MR) is 87.1 cm³/mol. The first-order valence-electron chi connectivity index (χ1n) is 7.59. The Bertz CT molecular complexity index is 651. The van der Waals surface area contributed by atoms with Crippen molar-refractivity contribution in [1.29, 1.82) is 0 Å². The smallest absolute Gasteiger partial charge is 0.203 e. The van der Waals surface area contributed by atoms with Gasteiger partial charge in [0.15, 0.2) is 0 Å². The van der Waals surface area contributed by atoms with Crippen molar-refractivity contribution in [3.63, 3.8) is 0 Å². The molecule has 2 heterocycles. The molecule has 0 aliphatic carbocycles. The van der Waals surface area contributed by atoms with Crippen LogP contribution in [0.1, 0.15) is 25.6 Å². The van der Waals surface area contributed by atoms with Gasteiger partial charge in [0, 0.05) is 18.8 Å². The summed E-state index contributed by atoms with van der Waals surface area (Å²) in [5.41, 5.74) is 1.08. The van der Waals surface area contributed by atoms with Crippen LogP contribution < -0.4 is 0 Å². The molecule has 0 spiro atoms. The zero-order valence-corrected chi connectivity index (χ0v) is 13.5. The summed E-state index contributed by atoms with van der Waals surface area (Å²) >= 11 is 5.62. The standard InChI is InChI=1S/C16H22N4S/c1-13-8-10-18(11-9-13)12-19-16(21)20(14(2)17-19)15-6-4-3-5-7-15/h3-7,13H,8-12H2,1-2H3. The van der Waals surface area contributed by atoms with Gasteiger partial charge >= 0.3 is 0 Å². The minimum Gasteiger partial charge on any atom is -0.284 e. The molecule has 1 aromatic heterocycles. The molecule has 5 heteroatoms. The van der Waals surface area contributed by atoms with Crippen LogP contribution in [0.5, 0.6) is 0 Å². The largest absolute Gasteiger partial charge is 0.284 e. The second-order valence-electron chi connectivity index (χ2n) is 5.94. The molecule has 1 aliphatic heterocycles. The van der Waals surface area contributed by atoms with Gasteiger partial charge in [-0.25, -0.2) is 4.68 Å². The summed E-state index contributed by atoms with van der Waals surface area (Å²) in [5.74, 6) is 1.79. The minimum absolute atomic E-state index is 0.775. The maximum atomic E-state index is 5.62. The Kier molecular flexibility index (Phi) is 4.22. The lowest BCUT2D eigenvalue weighted by molar-refractivity contribution is 0.146. The van der Waals surface area contributed by atoms with Crippen LogP contribution in [0.4, 0.5) is 0 Å². The molecule has 0 atom stereocenters. The van der Waals surface area contributed by atoms with Crippen LogP contribution in [0.3, 0.4) is 0 Å². The third kappa shape index (κ3) is 3.09. The summed E-state index contributed by atoms with van der Waals surface area (Å²) in [7, 11) is 0.